The quantitative estimate of drug-likeness (QED) is 0.618. The van der Waals surface area contributed by atoms with Crippen molar-refractivity contribution >= 4 is 15.9 Å². The highest BCUT2D eigenvalue weighted by Crippen LogP contribution is 2.27. The van der Waals surface area contributed by atoms with E-state index in [1.54, 1.807) is 13.8 Å². The molecule has 0 bridgehead atoms. The van der Waals surface area contributed by atoms with Gasteiger partial charge in [-0.2, -0.15) is 0 Å². The number of halogens is 1. The van der Waals surface area contributed by atoms with Gasteiger partial charge >= 0.3 is 0 Å². The number of carbonyl (C=O) groups excluding carboxylic acids is 1. The first-order valence-electron chi connectivity index (χ1n) is 8.49. The van der Waals surface area contributed by atoms with Crippen LogP contribution < -0.4 is 16.0 Å². The normalized spacial score (nSPS) is 15.6. The second kappa shape index (κ2) is 7.21. The van der Waals surface area contributed by atoms with Gasteiger partial charge in [0, 0.05) is 6.54 Å². The molecule has 1 aliphatic rings. The van der Waals surface area contributed by atoms with Gasteiger partial charge in [-0.3, -0.25) is 14.2 Å². The number of carbonyl (C=O) groups is 1. The Balaban J connectivity index is 1.94. The lowest BCUT2D eigenvalue weighted by Crippen LogP contribution is -2.42. The molecule has 12 heteroatoms. The van der Waals surface area contributed by atoms with Gasteiger partial charge in [-0.05, 0) is 31.5 Å². The fourth-order valence-corrected chi connectivity index (χ4v) is 3.81. The van der Waals surface area contributed by atoms with Gasteiger partial charge in [-0.25, -0.2) is 22.9 Å². The molecule has 0 atom stereocenters. The Kier molecular flexibility index (Phi) is 5.19. The highest BCUT2D eigenvalue weighted by Gasteiger charge is 2.34. The molecule has 1 aromatic carbocycles. The second-order valence-corrected chi connectivity index (χ2v) is 8.46. The van der Waals surface area contributed by atoms with Crippen molar-refractivity contribution in [3.05, 3.63) is 51.5 Å². The van der Waals surface area contributed by atoms with Gasteiger partial charge < -0.3 is 15.2 Å². The number of primary sulfonamides is 1. The van der Waals surface area contributed by atoms with Crippen molar-refractivity contribution in [2.24, 2.45) is 5.14 Å². The van der Waals surface area contributed by atoms with E-state index < -0.39 is 49.2 Å². The van der Waals surface area contributed by atoms with Crippen LogP contribution in [0.15, 0.2) is 27.9 Å². The zero-order chi connectivity index (χ0) is 21.6. The number of ether oxygens (including phenoxy) is 1. The molecule has 0 saturated carbocycles. The first-order chi connectivity index (χ1) is 13.4. The van der Waals surface area contributed by atoms with E-state index in [0.29, 0.717) is 0 Å². The Bertz CT molecular complexity index is 1160. The number of aromatic nitrogens is 2. The van der Waals surface area contributed by atoms with Crippen LogP contribution >= 0.6 is 0 Å². The van der Waals surface area contributed by atoms with E-state index in [2.05, 4.69) is 10.3 Å². The number of amides is 1. The predicted molar refractivity (Wildman–Crippen MR) is 98.1 cm³/mol. The van der Waals surface area contributed by atoms with E-state index in [-0.39, 0.29) is 31.1 Å². The van der Waals surface area contributed by atoms with Gasteiger partial charge in [-0.1, -0.05) is 6.07 Å². The lowest BCUT2D eigenvalue weighted by molar-refractivity contribution is -0.0566. The average Bonchev–Trinajstić information content (AvgIpc) is 2.62. The Morgan fingerprint density at radius 3 is 2.79 bits per heavy atom. The average molecular weight is 426 g/mol. The number of rotatable bonds is 4. The largest absolute Gasteiger partial charge is 0.501 e. The molecular weight excluding hydrogens is 407 g/mol. The summed E-state index contributed by atoms with van der Waals surface area (Å²) in [6, 6.07) is 2.90. The number of sulfonamides is 1. The molecule has 29 heavy (non-hydrogen) atoms. The van der Waals surface area contributed by atoms with E-state index in [9.17, 15) is 27.5 Å². The van der Waals surface area contributed by atoms with Crippen LogP contribution in [0.25, 0.3) is 0 Å². The molecule has 0 unspecified atom stereocenters. The SMILES string of the molecule is CC1(C)OCCn2c1nc(C(=O)NCc1ccc(F)cc1S(N)(=O)=O)c(O)c2=O. The maximum absolute atomic E-state index is 13.4. The minimum atomic E-state index is -4.24. The topological polar surface area (TPSA) is 154 Å². The van der Waals surface area contributed by atoms with E-state index in [1.165, 1.54) is 4.57 Å². The Morgan fingerprint density at radius 1 is 1.45 bits per heavy atom. The Hall–Kier alpha value is -2.83. The summed E-state index contributed by atoms with van der Waals surface area (Å²) in [4.78, 5) is 28.6. The summed E-state index contributed by atoms with van der Waals surface area (Å²) < 4.78 is 43.4. The third-order valence-electron chi connectivity index (χ3n) is 4.45. The van der Waals surface area contributed by atoms with Gasteiger partial charge in [0.1, 0.15) is 17.2 Å². The number of nitrogens with zero attached hydrogens (tertiary/aromatic N) is 2. The third kappa shape index (κ3) is 3.99. The van der Waals surface area contributed by atoms with Crippen molar-refractivity contribution in [3.63, 3.8) is 0 Å². The molecule has 1 aliphatic heterocycles. The molecule has 0 radical (unpaired) electrons. The molecule has 0 spiro atoms. The van der Waals surface area contributed by atoms with E-state index in [1.807, 2.05) is 0 Å². The van der Waals surface area contributed by atoms with Gasteiger partial charge in [0.2, 0.25) is 15.8 Å². The summed E-state index contributed by atoms with van der Waals surface area (Å²) in [6.07, 6.45) is 0. The van der Waals surface area contributed by atoms with Crippen LogP contribution in [0.3, 0.4) is 0 Å². The number of nitrogens with two attached hydrogens (primary N) is 1. The zero-order valence-corrected chi connectivity index (χ0v) is 16.4. The Labute approximate surface area is 165 Å². The van der Waals surface area contributed by atoms with Gasteiger partial charge in [0.25, 0.3) is 11.5 Å². The standard InChI is InChI=1S/C17H19FN4O6S/c1-17(2)16-21-12(13(23)15(25)22(16)5-6-28-17)14(24)20-8-9-3-4-10(18)7-11(9)29(19,26)27/h3-4,7,23H,5-6,8H2,1-2H3,(H,20,24)(H2,19,26,27). The van der Waals surface area contributed by atoms with Crippen molar-refractivity contribution in [3.8, 4) is 5.75 Å². The molecule has 2 heterocycles. The van der Waals surface area contributed by atoms with Gasteiger partial charge in [0.15, 0.2) is 5.69 Å². The zero-order valence-electron chi connectivity index (χ0n) is 15.6. The summed E-state index contributed by atoms with van der Waals surface area (Å²) >= 11 is 0. The molecule has 10 nitrogen and oxygen atoms in total. The minimum Gasteiger partial charge on any atom is -0.501 e. The van der Waals surface area contributed by atoms with Crippen molar-refractivity contribution < 1.29 is 27.4 Å². The van der Waals surface area contributed by atoms with E-state index >= 15 is 0 Å². The molecular formula is C17H19FN4O6S. The number of hydrogen-bond donors (Lipinski definition) is 3. The van der Waals surface area contributed by atoms with Crippen LogP contribution in [-0.4, -0.2) is 35.6 Å². The van der Waals surface area contributed by atoms with Crippen LogP contribution in [0.5, 0.6) is 5.75 Å². The number of fused-ring (bicyclic) bond motifs is 1. The van der Waals surface area contributed by atoms with Crippen LogP contribution in [-0.2, 0) is 33.5 Å². The molecule has 4 N–H and O–H groups in total. The van der Waals surface area contributed by atoms with Crippen molar-refractivity contribution in [1.29, 1.82) is 0 Å². The second-order valence-electron chi connectivity index (χ2n) is 6.93. The molecule has 0 fully saturated rings. The summed E-state index contributed by atoms with van der Waals surface area (Å²) in [5, 5.41) is 17.6. The van der Waals surface area contributed by atoms with Crippen LogP contribution in [0, 0.1) is 5.82 Å². The van der Waals surface area contributed by atoms with Crippen molar-refractivity contribution in [2.45, 2.75) is 37.4 Å². The number of nitrogens with one attached hydrogen (secondary N) is 1. The monoisotopic (exact) mass is 426 g/mol. The van der Waals surface area contributed by atoms with Crippen LogP contribution in [0.2, 0.25) is 0 Å². The number of hydrogen-bond acceptors (Lipinski definition) is 7. The fraction of sp³-hybridized carbons (Fsp3) is 0.353. The third-order valence-corrected chi connectivity index (χ3v) is 5.45. The maximum atomic E-state index is 13.4. The highest BCUT2D eigenvalue weighted by molar-refractivity contribution is 7.89. The lowest BCUT2D eigenvalue weighted by atomic mass is 10.1. The highest BCUT2D eigenvalue weighted by atomic mass is 32.2. The lowest BCUT2D eigenvalue weighted by Gasteiger charge is -2.32. The smallest absolute Gasteiger partial charge is 0.296 e. The van der Waals surface area contributed by atoms with E-state index in [4.69, 9.17) is 9.88 Å². The molecule has 156 valence electrons. The molecule has 0 saturated heterocycles. The fourth-order valence-electron chi connectivity index (χ4n) is 3.03. The van der Waals surface area contributed by atoms with Gasteiger partial charge in [0.05, 0.1) is 18.0 Å². The van der Waals surface area contributed by atoms with Gasteiger partial charge in [-0.15, -0.1) is 0 Å². The summed E-state index contributed by atoms with van der Waals surface area (Å²) in [5.41, 5.74) is -2.25. The Morgan fingerprint density at radius 2 is 2.14 bits per heavy atom. The van der Waals surface area contributed by atoms with Crippen molar-refractivity contribution in [2.75, 3.05) is 6.61 Å². The van der Waals surface area contributed by atoms with Crippen molar-refractivity contribution in [1.82, 2.24) is 14.9 Å². The molecule has 1 amide bonds. The predicted octanol–water partition coefficient (Wildman–Crippen LogP) is -0.0693. The summed E-state index contributed by atoms with van der Waals surface area (Å²) in [5.74, 6) is -2.40. The first kappa shape index (κ1) is 20.9. The molecule has 3 rings (SSSR count). The number of aromatic hydroxyl groups is 1. The molecule has 0 aliphatic carbocycles. The van der Waals surface area contributed by atoms with E-state index in [0.717, 1.165) is 18.2 Å². The first-order valence-corrected chi connectivity index (χ1v) is 10.0. The van der Waals surface area contributed by atoms with Crippen LogP contribution in [0.1, 0.15) is 35.7 Å². The summed E-state index contributed by atoms with van der Waals surface area (Å²) in [7, 11) is -4.24. The molecule has 1 aromatic heterocycles. The maximum Gasteiger partial charge on any atom is 0.296 e. The summed E-state index contributed by atoms with van der Waals surface area (Å²) in [6.45, 7) is 3.39. The number of benzene rings is 1. The van der Waals surface area contributed by atoms with Crippen LogP contribution in [0.4, 0.5) is 4.39 Å². The molecule has 2 aromatic rings. The minimum absolute atomic E-state index is 0.0279.